The van der Waals surface area contributed by atoms with Crippen molar-refractivity contribution in [3.8, 4) is 28.3 Å². The molecule has 4 aromatic rings. The first kappa shape index (κ1) is 34.8. The molecule has 248 valence electrons. The number of aryl methyl sites for hydroxylation is 1. The van der Waals surface area contributed by atoms with Crippen molar-refractivity contribution in [1.82, 2.24) is 9.97 Å². The number of nitrogens with one attached hydrogen (secondary N) is 2. The minimum Gasteiger partial charge on any atom is -0.497 e. The standard InChI is InChI=1S/C36H42N4O7/c1-4-6-21-46-22-7-8-23-47-36(42)27-14-12-26(13-15-27)33-29(5-2)30(35-37-19-20-38-35)24-31(34(33)40(43)44)39-32(41)18-11-25-9-16-28(45-3)17-10-25/h9-10,12-17,19-20,24H,4-8,11,18,21-23H2,1-3H3,(H,37,38)(H,39,41). The number of rotatable bonds is 18. The van der Waals surface area contributed by atoms with Crippen LogP contribution in [0.4, 0.5) is 11.4 Å². The monoisotopic (exact) mass is 642 g/mol. The van der Waals surface area contributed by atoms with Crippen molar-refractivity contribution in [3.63, 3.8) is 0 Å². The molecule has 0 aliphatic heterocycles. The van der Waals surface area contributed by atoms with Crippen LogP contribution in [-0.4, -0.2) is 53.7 Å². The van der Waals surface area contributed by atoms with Crippen LogP contribution in [0.1, 0.15) is 67.4 Å². The molecule has 0 fully saturated rings. The van der Waals surface area contributed by atoms with Gasteiger partial charge >= 0.3 is 11.7 Å². The first-order chi connectivity index (χ1) is 22.9. The predicted molar refractivity (Wildman–Crippen MR) is 181 cm³/mol. The minimum atomic E-state index is -0.479. The molecule has 47 heavy (non-hydrogen) atoms. The lowest BCUT2D eigenvalue weighted by atomic mass is 9.90. The van der Waals surface area contributed by atoms with Gasteiger partial charge in [0.15, 0.2) is 0 Å². The molecular weight excluding hydrogens is 600 g/mol. The van der Waals surface area contributed by atoms with E-state index in [1.54, 1.807) is 49.8 Å². The van der Waals surface area contributed by atoms with Crippen LogP contribution in [0.2, 0.25) is 0 Å². The molecule has 1 amide bonds. The number of nitrogens with zero attached hydrogens (tertiary/aromatic N) is 2. The summed E-state index contributed by atoms with van der Waals surface area (Å²) < 4.78 is 16.2. The van der Waals surface area contributed by atoms with Crippen molar-refractivity contribution in [3.05, 3.63) is 93.8 Å². The Morgan fingerprint density at radius 2 is 1.70 bits per heavy atom. The van der Waals surface area contributed by atoms with Crippen molar-refractivity contribution in [1.29, 1.82) is 0 Å². The quantitative estimate of drug-likeness (QED) is 0.0490. The summed E-state index contributed by atoms with van der Waals surface area (Å²) in [7, 11) is 1.59. The highest BCUT2D eigenvalue weighted by atomic mass is 16.6. The van der Waals surface area contributed by atoms with Crippen LogP contribution in [0.25, 0.3) is 22.5 Å². The first-order valence-electron chi connectivity index (χ1n) is 16.0. The molecule has 0 aliphatic rings. The molecule has 11 heteroatoms. The summed E-state index contributed by atoms with van der Waals surface area (Å²) in [6, 6.07) is 15.5. The zero-order valence-electron chi connectivity index (χ0n) is 27.2. The van der Waals surface area contributed by atoms with Crippen molar-refractivity contribution < 1.29 is 28.7 Å². The van der Waals surface area contributed by atoms with Gasteiger partial charge in [-0.2, -0.15) is 0 Å². The number of benzene rings is 3. The number of carbonyl (C=O) groups is 2. The third-order valence-electron chi connectivity index (χ3n) is 7.74. The van der Waals surface area contributed by atoms with Crippen molar-refractivity contribution in [2.45, 2.75) is 58.8 Å². The zero-order chi connectivity index (χ0) is 33.6. The second-order valence-corrected chi connectivity index (χ2v) is 11.0. The number of hydrogen-bond donors (Lipinski definition) is 2. The molecule has 2 N–H and O–H groups in total. The second kappa shape index (κ2) is 17.6. The van der Waals surface area contributed by atoms with E-state index >= 15 is 0 Å². The maximum absolute atomic E-state index is 13.1. The first-order valence-corrected chi connectivity index (χ1v) is 16.0. The smallest absolute Gasteiger partial charge is 0.338 e. The zero-order valence-corrected chi connectivity index (χ0v) is 27.2. The molecule has 0 aliphatic carbocycles. The van der Waals surface area contributed by atoms with Gasteiger partial charge in [-0.05, 0) is 79.1 Å². The fourth-order valence-corrected chi connectivity index (χ4v) is 5.24. The van der Waals surface area contributed by atoms with Crippen LogP contribution in [0.5, 0.6) is 5.75 Å². The third-order valence-corrected chi connectivity index (χ3v) is 7.74. The van der Waals surface area contributed by atoms with Gasteiger partial charge in [0.05, 0.1) is 29.8 Å². The Balaban J connectivity index is 1.58. The number of amides is 1. The molecule has 0 saturated heterocycles. The van der Waals surface area contributed by atoms with E-state index in [2.05, 4.69) is 22.2 Å². The van der Waals surface area contributed by atoms with Crippen LogP contribution in [-0.2, 0) is 27.1 Å². The number of unbranched alkanes of at least 4 members (excludes halogenated alkanes) is 2. The topological polar surface area (TPSA) is 146 Å². The van der Waals surface area contributed by atoms with Gasteiger partial charge in [-0.3, -0.25) is 14.9 Å². The SMILES string of the molecule is CCCCOCCCCOC(=O)c1ccc(-c2c(CC)c(-c3ncc[nH]3)cc(NC(=O)CCc3ccc(OC)cc3)c2[N+](=O)[O-])cc1. The van der Waals surface area contributed by atoms with Crippen molar-refractivity contribution in [2.24, 2.45) is 0 Å². The molecule has 1 heterocycles. The minimum absolute atomic E-state index is 0.0653. The maximum Gasteiger partial charge on any atom is 0.338 e. The molecule has 0 radical (unpaired) electrons. The molecule has 1 aromatic heterocycles. The third kappa shape index (κ3) is 9.49. The Hall–Kier alpha value is -5.03. The molecule has 0 atom stereocenters. The number of H-pyrrole nitrogens is 1. The van der Waals surface area contributed by atoms with E-state index in [0.717, 1.165) is 31.4 Å². The van der Waals surface area contributed by atoms with Crippen molar-refractivity contribution >= 4 is 23.3 Å². The number of imidazole rings is 1. The predicted octanol–water partition coefficient (Wildman–Crippen LogP) is 7.55. The Kier molecular flexibility index (Phi) is 13.1. The lowest BCUT2D eigenvalue weighted by molar-refractivity contribution is -0.383. The summed E-state index contributed by atoms with van der Waals surface area (Å²) >= 11 is 0. The number of aromatic amines is 1. The van der Waals surface area contributed by atoms with Gasteiger partial charge in [0.2, 0.25) is 5.91 Å². The molecule has 0 bridgehead atoms. The summed E-state index contributed by atoms with van der Waals surface area (Å²) in [6.45, 7) is 5.66. The number of nitro groups is 1. The Labute approximate surface area is 274 Å². The molecular formula is C36H42N4O7. The molecule has 0 spiro atoms. The van der Waals surface area contributed by atoms with Crippen molar-refractivity contribution in [2.75, 3.05) is 32.2 Å². The lowest BCUT2D eigenvalue weighted by Gasteiger charge is -2.17. The van der Waals surface area contributed by atoms with Gasteiger partial charge in [-0.15, -0.1) is 0 Å². The molecule has 11 nitrogen and oxygen atoms in total. The normalized spacial score (nSPS) is 10.9. The van der Waals surface area contributed by atoms with Crippen LogP contribution >= 0.6 is 0 Å². The number of carbonyl (C=O) groups excluding carboxylic acids is 2. The summed E-state index contributed by atoms with van der Waals surface area (Å²) in [5.41, 5.74) is 3.29. The average molecular weight is 643 g/mol. The van der Waals surface area contributed by atoms with Gasteiger partial charge in [-0.25, -0.2) is 9.78 Å². The molecule has 0 saturated carbocycles. The molecule has 4 rings (SSSR count). The van der Waals surface area contributed by atoms with Gasteiger partial charge in [0, 0.05) is 37.6 Å². The highest BCUT2D eigenvalue weighted by Crippen LogP contribution is 2.44. The highest BCUT2D eigenvalue weighted by Gasteiger charge is 2.29. The van der Waals surface area contributed by atoms with E-state index in [4.69, 9.17) is 14.2 Å². The second-order valence-electron chi connectivity index (χ2n) is 11.0. The number of aromatic nitrogens is 2. The van der Waals surface area contributed by atoms with Gasteiger partial charge in [0.1, 0.15) is 17.3 Å². The summed E-state index contributed by atoms with van der Waals surface area (Å²) in [6.07, 6.45) is 7.88. The summed E-state index contributed by atoms with van der Waals surface area (Å²) in [5.74, 6) is 0.396. The average Bonchev–Trinajstić information content (AvgIpc) is 3.63. The van der Waals surface area contributed by atoms with E-state index in [0.29, 0.717) is 65.3 Å². The number of hydrogen-bond acceptors (Lipinski definition) is 8. The highest BCUT2D eigenvalue weighted by molar-refractivity contribution is 5.99. The fourth-order valence-electron chi connectivity index (χ4n) is 5.24. The van der Waals surface area contributed by atoms with Crippen LogP contribution < -0.4 is 10.1 Å². The van der Waals surface area contributed by atoms with Gasteiger partial charge < -0.3 is 24.5 Å². The van der Waals surface area contributed by atoms with Crippen LogP contribution in [0.15, 0.2) is 67.0 Å². The van der Waals surface area contributed by atoms with Gasteiger partial charge in [-0.1, -0.05) is 44.5 Å². The number of nitro benzene ring substituents is 1. The summed E-state index contributed by atoms with van der Waals surface area (Å²) in [4.78, 5) is 45.5. The van der Waals surface area contributed by atoms with Crippen LogP contribution in [0.3, 0.4) is 0 Å². The molecule has 3 aromatic carbocycles. The molecule has 0 unspecified atom stereocenters. The number of esters is 1. The fraction of sp³-hybridized carbons (Fsp3) is 0.361. The van der Waals surface area contributed by atoms with E-state index in [1.165, 1.54) is 0 Å². The Morgan fingerprint density at radius 3 is 2.34 bits per heavy atom. The Morgan fingerprint density at radius 1 is 0.979 bits per heavy atom. The number of anilines is 1. The Bertz CT molecular complexity index is 1620. The summed E-state index contributed by atoms with van der Waals surface area (Å²) in [5, 5.41) is 15.5. The van der Waals surface area contributed by atoms with Gasteiger partial charge in [0.25, 0.3) is 0 Å². The van der Waals surface area contributed by atoms with E-state index < -0.39 is 10.9 Å². The number of ether oxygens (including phenoxy) is 3. The van der Waals surface area contributed by atoms with Crippen LogP contribution in [0, 0.1) is 10.1 Å². The number of methoxy groups -OCH3 is 1. The van der Waals surface area contributed by atoms with E-state index in [1.807, 2.05) is 31.2 Å². The lowest BCUT2D eigenvalue weighted by Crippen LogP contribution is -2.15. The van der Waals surface area contributed by atoms with E-state index in [-0.39, 0.29) is 30.3 Å². The maximum atomic E-state index is 13.1. The van der Waals surface area contributed by atoms with E-state index in [9.17, 15) is 19.7 Å². The largest absolute Gasteiger partial charge is 0.497 e.